The molecule has 1 amide bonds. The van der Waals surface area contributed by atoms with Crippen LogP contribution in [0.5, 0.6) is 5.75 Å². The highest BCUT2D eigenvalue weighted by molar-refractivity contribution is 5.95. The van der Waals surface area contributed by atoms with Gasteiger partial charge in [0.05, 0.1) is 13.2 Å². The van der Waals surface area contributed by atoms with Gasteiger partial charge >= 0.3 is 0 Å². The molecule has 0 spiro atoms. The van der Waals surface area contributed by atoms with Gasteiger partial charge < -0.3 is 19.3 Å². The molecule has 2 saturated carbocycles. The summed E-state index contributed by atoms with van der Waals surface area (Å²) in [6.07, 6.45) is 11.8. The van der Waals surface area contributed by atoms with Crippen molar-refractivity contribution < 1.29 is 14.3 Å². The molecule has 3 fully saturated rings. The number of methoxy groups -OCH3 is 2. The van der Waals surface area contributed by atoms with Crippen LogP contribution in [0, 0.1) is 18.8 Å². The van der Waals surface area contributed by atoms with Crippen molar-refractivity contribution in [2.45, 2.75) is 83.2 Å². The van der Waals surface area contributed by atoms with Crippen LogP contribution in [-0.2, 0) is 9.53 Å². The average molecular weight is 519 g/mol. The SMILES string of the molecule is COc1ccc([C@H]2CC[C@H](CN(C(=O)C3CCCCC3)c3cccc(N4CCC(OC)C4)c3)CC2)cc1C. The second kappa shape index (κ2) is 12.5. The number of benzene rings is 2. The van der Waals surface area contributed by atoms with E-state index in [1.54, 1.807) is 14.2 Å². The Morgan fingerprint density at radius 2 is 1.74 bits per heavy atom. The van der Waals surface area contributed by atoms with E-state index in [9.17, 15) is 4.79 Å². The number of ether oxygens (including phenoxy) is 2. The smallest absolute Gasteiger partial charge is 0.230 e. The Kier molecular flexibility index (Phi) is 8.93. The van der Waals surface area contributed by atoms with Crippen molar-refractivity contribution in [3.05, 3.63) is 53.6 Å². The molecule has 5 nitrogen and oxygen atoms in total. The highest BCUT2D eigenvalue weighted by Crippen LogP contribution is 2.39. The molecule has 5 rings (SSSR count). The molecule has 5 heteroatoms. The van der Waals surface area contributed by atoms with Crippen LogP contribution in [0.2, 0.25) is 0 Å². The van der Waals surface area contributed by atoms with Crippen LogP contribution in [0.15, 0.2) is 42.5 Å². The number of amides is 1. The van der Waals surface area contributed by atoms with Crippen molar-refractivity contribution in [2.24, 2.45) is 11.8 Å². The zero-order valence-electron chi connectivity index (χ0n) is 23.7. The summed E-state index contributed by atoms with van der Waals surface area (Å²) in [6.45, 7) is 4.90. The number of aryl methyl sites for hydroxylation is 1. The molecule has 1 aliphatic heterocycles. The Labute approximate surface area is 229 Å². The van der Waals surface area contributed by atoms with Crippen molar-refractivity contribution in [1.82, 2.24) is 0 Å². The van der Waals surface area contributed by atoms with E-state index in [0.717, 1.165) is 50.3 Å². The highest BCUT2D eigenvalue weighted by Gasteiger charge is 2.31. The van der Waals surface area contributed by atoms with Crippen molar-refractivity contribution in [1.29, 1.82) is 0 Å². The van der Waals surface area contributed by atoms with Crippen LogP contribution in [-0.4, -0.2) is 45.9 Å². The molecule has 2 aromatic rings. The molecule has 1 atom stereocenters. The fourth-order valence-corrected chi connectivity index (χ4v) is 7.00. The first-order valence-electron chi connectivity index (χ1n) is 14.9. The largest absolute Gasteiger partial charge is 0.496 e. The third-order valence-electron chi connectivity index (χ3n) is 9.38. The number of hydrogen-bond acceptors (Lipinski definition) is 4. The lowest BCUT2D eigenvalue weighted by Crippen LogP contribution is -2.41. The topological polar surface area (TPSA) is 42.0 Å². The number of carbonyl (C=O) groups is 1. The zero-order valence-corrected chi connectivity index (χ0v) is 23.7. The summed E-state index contributed by atoms with van der Waals surface area (Å²) in [5.41, 5.74) is 4.93. The van der Waals surface area contributed by atoms with Crippen LogP contribution >= 0.6 is 0 Å². The number of hydrogen-bond donors (Lipinski definition) is 0. The summed E-state index contributed by atoms with van der Waals surface area (Å²) in [4.78, 5) is 18.5. The van der Waals surface area contributed by atoms with Crippen LogP contribution in [0.4, 0.5) is 11.4 Å². The fourth-order valence-electron chi connectivity index (χ4n) is 7.00. The summed E-state index contributed by atoms with van der Waals surface area (Å²) < 4.78 is 11.1. The Hall–Kier alpha value is -2.53. The van der Waals surface area contributed by atoms with Gasteiger partial charge in [0.15, 0.2) is 0 Å². The Morgan fingerprint density at radius 1 is 0.947 bits per heavy atom. The van der Waals surface area contributed by atoms with Gasteiger partial charge in [0, 0.05) is 44.0 Å². The lowest BCUT2D eigenvalue weighted by atomic mass is 9.78. The maximum atomic E-state index is 14.0. The second-order valence-electron chi connectivity index (χ2n) is 11.8. The second-order valence-corrected chi connectivity index (χ2v) is 11.8. The molecule has 0 aromatic heterocycles. The molecule has 1 saturated heterocycles. The number of rotatable bonds is 8. The summed E-state index contributed by atoms with van der Waals surface area (Å²) in [5.74, 6) is 2.65. The van der Waals surface area contributed by atoms with E-state index in [1.807, 2.05) is 0 Å². The van der Waals surface area contributed by atoms with Gasteiger partial charge in [0.2, 0.25) is 5.91 Å². The van der Waals surface area contributed by atoms with E-state index in [-0.39, 0.29) is 5.92 Å². The maximum absolute atomic E-state index is 14.0. The van der Waals surface area contributed by atoms with Gasteiger partial charge in [-0.1, -0.05) is 37.5 Å². The van der Waals surface area contributed by atoms with Crippen LogP contribution < -0.4 is 14.5 Å². The number of carbonyl (C=O) groups excluding carboxylic acids is 1. The first kappa shape index (κ1) is 27.1. The molecular formula is C33H46N2O3. The third-order valence-corrected chi connectivity index (χ3v) is 9.38. The molecule has 0 N–H and O–H groups in total. The standard InChI is InChI=1S/C33H46N2O3/c1-24-20-28(16-17-32(24)38-3)26-14-12-25(13-15-26)22-35(33(36)27-8-5-4-6-9-27)30-11-7-10-29(21-30)34-19-18-31(23-34)37-2/h7,10-11,16-17,20-21,25-27,31H,4-6,8-9,12-15,18-19,22-23H2,1-3H3/t25-,26-,31?. The first-order chi connectivity index (χ1) is 18.6. The quantitative estimate of drug-likeness (QED) is 0.373. The molecule has 2 aliphatic carbocycles. The Morgan fingerprint density at radius 3 is 2.42 bits per heavy atom. The van der Waals surface area contributed by atoms with Gasteiger partial charge in [-0.3, -0.25) is 4.79 Å². The van der Waals surface area contributed by atoms with Gasteiger partial charge in [-0.25, -0.2) is 0 Å². The van der Waals surface area contributed by atoms with E-state index < -0.39 is 0 Å². The first-order valence-corrected chi connectivity index (χ1v) is 14.9. The summed E-state index contributed by atoms with van der Waals surface area (Å²) in [5, 5.41) is 0. The minimum absolute atomic E-state index is 0.177. The minimum atomic E-state index is 0.177. The molecular weight excluding hydrogens is 472 g/mol. The van der Waals surface area contributed by atoms with Crippen LogP contribution in [0.1, 0.15) is 81.3 Å². The van der Waals surface area contributed by atoms with Crippen molar-refractivity contribution >= 4 is 17.3 Å². The normalized spacial score (nSPS) is 24.4. The van der Waals surface area contributed by atoms with Gasteiger partial charge in [0.25, 0.3) is 0 Å². The summed E-state index contributed by atoms with van der Waals surface area (Å²) >= 11 is 0. The molecule has 0 radical (unpaired) electrons. The molecule has 206 valence electrons. The van der Waals surface area contributed by atoms with Crippen molar-refractivity contribution in [3.8, 4) is 5.75 Å². The van der Waals surface area contributed by atoms with E-state index in [4.69, 9.17) is 9.47 Å². The summed E-state index contributed by atoms with van der Waals surface area (Å²) in [7, 11) is 3.55. The van der Waals surface area contributed by atoms with Gasteiger partial charge in [-0.15, -0.1) is 0 Å². The average Bonchev–Trinajstić information content (AvgIpc) is 3.46. The van der Waals surface area contributed by atoms with Gasteiger partial charge in [-0.2, -0.15) is 0 Å². The molecule has 3 aliphatic rings. The monoisotopic (exact) mass is 518 g/mol. The number of nitrogens with zero attached hydrogens (tertiary/aromatic N) is 2. The predicted octanol–water partition coefficient (Wildman–Crippen LogP) is 7.12. The van der Waals surface area contributed by atoms with Gasteiger partial charge in [0.1, 0.15) is 5.75 Å². The molecule has 0 bridgehead atoms. The summed E-state index contributed by atoms with van der Waals surface area (Å²) in [6, 6.07) is 15.4. The van der Waals surface area contributed by atoms with Gasteiger partial charge in [-0.05, 0) is 99.1 Å². The van der Waals surface area contributed by atoms with Crippen LogP contribution in [0.25, 0.3) is 0 Å². The maximum Gasteiger partial charge on any atom is 0.230 e. The molecule has 1 heterocycles. The number of anilines is 2. The fraction of sp³-hybridized carbons (Fsp3) is 0.606. The Balaban J connectivity index is 1.30. The molecule has 38 heavy (non-hydrogen) atoms. The lowest BCUT2D eigenvalue weighted by Gasteiger charge is -2.36. The highest BCUT2D eigenvalue weighted by atomic mass is 16.5. The minimum Gasteiger partial charge on any atom is -0.496 e. The molecule has 1 unspecified atom stereocenters. The van der Waals surface area contributed by atoms with E-state index >= 15 is 0 Å². The van der Waals surface area contributed by atoms with E-state index in [0.29, 0.717) is 23.8 Å². The Bertz CT molecular complexity index is 1070. The van der Waals surface area contributed by atoms with Crippen molar-refractivity contribution in [3.63, 3.8) is 0 Å². The van der Waals surface area contributed by atoms with E-state index in [1.165, 1.54) is 61.8 Å². The van der Waals surface area contributed by atoms with Crippen molar-refractivity contribution in [2.75, 3.05) is 43.7 Å². The zero-order chi connectivity index (χ0) is 26.5. The predicted molar refractivity (Wildman–Crippen MR) is 155 cm³/mol. The molecule has 2 aromatic carbocycles. The lowest BCUT2D eigenvalue weighted by molar-refractivity contribution is -0.123. The van der Waals surface area contributed by atoms with E-state index in [2.05, 4.69) is 59.2 Å². The third kappa shape index (κ3) is 6.20. The van der Waals surface area contributed by atoms with Crippen LogP contribution in [0.3, 0.4) is 0 Å².